The summed E-state index contributed by atoms with van der Waals surface area (Å²) in [6, 6.07) is 2.22. The molecule has 5 heteroatoms. The molecule has 1 atom stereocenters. The second-order valence-corrected chi connectivity index (χ2v) is 2.58. The van der Waals surface area contributed by atoms with Crippen LogP contribution in [0.2, 0.25) is 0 Å². The van der Waals surface area contributed by atoms with Crippen molar-refractivity contribution < 1.29 is 15.0 Å². The molecule has 5 nitrogen and oxygen atoms in total. The molecule has 1 aromatic heterocycles. The van der Waals surface area contributed by atoms with E-state index >= 15 is 0 Å². The van der Waals surface area contributed by atoms with Crippen molar-refractivity contribution in [3.63, 3.8) is 0 Å². The largest absolute Gasteiger partial charge is 0.504 e. The van der Waals surface area contributed by atoms with Crippen LogP contribution in [0.4, 0.5) is 5.82 Å². The zero-order valence-electron chi connectivity index (χ0n) is 7.06. The van der Waals surface area contributed by atoms with E-state index in [9.17, 15) is 9.90 Å². The minimum absolute atomic E-state index is 0.0596. The fraction of sp³-hybridized carbons (Fsp3) is 0.250. The van der Waals surface area contributed by atoms with Gasteiger partial charge in [-0.3, -0.25) is 4.79 Å². The van der Waals surface area contributed by atoms with Crippen molar-refractivity contribution in [2.45, 2.75) is 13.0 Å². The Bertz CT molecular complexity index is 314. The number of carbonyl (C=O) groups is 1. The normalized spacial score (nSPS) is 12.1. The van der Waals surface area contributed by atoms with Gasteiger partial charge in [0.1, 0.15) is 6.04 Å². The van der Waals surface area contributed by atoms with Gasteiger partial charge in [-0.2, -0.15) is 0 Å². The Morgan fingerprint density at radius 1 is 1.69 bits per heavy atom. The van der Waals surface area contributed by atoms with Crippen LogP contribution in [0.5, 0.6) is 5.75 Å². The molecule has 0 radical (unpaired) electrons. The molecule has 3 N–H and O–H groups in total. The van der Waals surface area contributed by atoms with Gasteiger partial charge in [0.05, 0.1) is 0 Å². The SMILES string of the molecule is CC(Nc1ncccc1O)C(=O)O. The molecular formula is C8H10N2O3. The van der Waals surface area contributed by atoms with Crippen molar-refractivity contribution in [1.82, 2.24) is 4.98 Å². The van der Waals surface area contributed by atoms with Gasteiger partial charge in [0, 0.05) is 6.20 Å². The molecule has 0 saturated heterocycles. The minimum Gasteiger partial charge on any atom is -0.504 e. The van der Waals surface area contributed by atoms with Gasteiger partial charge in [-0.25, -0.2) is 4.98 Å². The van der Waals surface area contributed by atoms with Crippen LogP contribution in [-0.2, 0) is 4.79 Å². The summed E-state index contributed by atoms with van der Waals surface area (Å²) in [6.45, 7) is 1.47. The second kappa shape index (κ2) is 3.75. The smallest absolute Gasteiger partial charge is 0.325 e. The Kier molecular flexibility index (Phi) is 2.69. The first-order valence-electron chi connectivity index (χ1n) is 3.74. The lowest BCUT2D eigenvalue weighted by Gasteiger charge is -2.10. The van der Waals surface area contributed by atoms with Crippen molar-refractivity contribution >= 4 is 11.8 Å². The third-order valence-electron chi connectivity index (χ3n) is 1.51. The first kappa shape index (κ1) is 9.31. The Morgan fingerprint density at radius 3 is 2.92 bits per heavy atom. The maximum Gasteiger partial charge on any atom is 0.325 e. The molecule has 1 heterocycles. The number of hydrogen-bond acceptors (Lipinski definition) is 4. The van der Waals surface area contributed by atoms with E-state index in [2.05, 4.69) is 10.3 Å². The summed E-state index contributed by atoms with van der Waals surface area (Å²) in [5.74, 6) is -0.877. The quantitative estimate of drug-likeness (QED) is 0.640. The lowest BCUT2D eigenvalue weighted by Crippen LogP contribution is -2.25. The van der Waals surface area contributed by atoms with Crippen molar-refractivity contribution in [3.8, 4) is 5.75 Å². The average Bonchev–Trinajstić information content (AvgIpc) is 2.08. The van der Waals surface area contributed by atoms with Gasteiger partial charge < -0.3 is 15.5 Å². The fourth-order valence-electron chi connectivity index (χ4n) is 0.775. The molecule has 0 aliphatic rings. The number of aliphatic carboxylic acids is 1. The molecule has 0 fully saturated rings. The first-order valence-corrected chi connectivity index (χ1v) is 3.74. The Morgan fingerprint density at radius 2 is 2.38 bits per heavy atom. The predicted octanol–water partition coefficient (Wildman–Crippen LogP) is 0.672. The summed E-state index contributed by atoms with van der Waals surface area (Å²) in [4.78, 5) is 14.2. The monoisotopic (exact) mass is 182 g/mol. The molecular weight excluding hydrogens is 172 g/mol. The van der Waals surface area contributed by atoms with Crippen molar-refractivity contribution in [2.24, 2.45) is 0 Å². The van der Waals surface area contributed by atoms with Gasteiger partial charge in [-0.15, -0.1) is 0 Å². The van der Waals surface area contributed by atoms with Crippen LogP contribution in [0.15, 0.2) is 18.3 Å². The molecule has 13 heavy (non-hydrogen) atoms. The number of aromatic nitrogens is 1. The van der Waals surface area contributed by atoms with E-state index < -0.39 is 12.0 Å². The molecule has 1 unspecified atom stereocenters. The first-order chi connectivity index (χ1) is 6.11. The summed E-state index contributed by atoms with van der Waals surface area (Å²) < 4.78 is 0. The van der Waals surface area contributed by atoms with E-state index in [4.69, 9.17) is 5.11 Å². The molecule has 0 saturated carbocycles. The molecule has 0 aromatic carbocycles. The van der Waals surface area contributed by atoms with Gasteiger partial charge in [-0.05, 0) is 19.1 Å². The van der Waals surface area contributed by atoms with E-state index in [0.717, 1.165) is 0 Å². The van der Waals surface area contributed by atoms with Crippen LogP contribution < -0.4 is 5.32 Å². The van der Waals surface area contributed by atoms with Crippen LogP contribution >= 0.6 is 0 Å². The number of hydrogen-bond donors (Lipinski definition) is 3. The lowest BCUT2D eigenvalue weighted by atomic mass is 10.3. The van der Waals surface area contributed by atoms with Crippen LogP contribution in [0.1, 0.15) is 6.92 Å². The standard InChI is InChI=1S/C8H10N2O3/c1-5(8(12)13)10-7-6(11)3-2-4-9-7/h2-5,11H,1H3,(H,9,10)(H,12,13). The van der Waals surface area contributed by atoms with Gasteiger partial charge in [0.15, 0.2) is 11.6 Å². The van der Waals surface area contributed by atoms with E-state index in [1.54, 1.807) is 6.07 Å². The van der Waals surface area contributed by atoms with Crippen molar-refractivity contribution in [2.75, 3.05) is 5.32 Å². The fourth-order valence-corrected chi connectivity index (χ4v) is 0.775. The topological polar surface area (TPSA) is 82.5 Å². The Balaban J connectivity index is 2.74. The number of carboxylic acids is 1. The van der Waals surface area contributed by atoms with Crippen LogP contribution in [0.3, 0.4) is 0 Å². The summed E-state index contributed by atoms with van der Waals surface area (Å²) in [6.07, 6.45) is 1.47. The van der Waals surface area contributed by atoms with Crippen LogP contribution in [0.25, 0.3) is 0 Å². The summed E-state index contributed by atoms with van der Waals surface area (Å²) in [7, 11) is 0. The van der Waals surface area contributed by atoms with Gasteiger partial charge >= 0.3 is 5.97 Å². The predicted molar refractivity (Wildman–Crippen MR) is 46.6 cm³/mol. The van der Waals surface area contributed by atoms with Gasteiger partial charge in [0.2, 0.25) is 0 Å². The van der Waals surface area contributed by atoms with E-state index in [1.807, 2.05) is 0 Å². The van der Waals surface area contributed by atoms with Gasteiger partial charge in [-0.1, -0.05) is 0 Å². The minimum atomic E-state index is -0.995. The zero-order chi connectivity index (χ0) is 9.84. The van der Waals surface area contributed by atoms with Crippen molar-refractivity contribution in [3.05, 3.63) is 18.3 Å². The van der Waals surface area contributed by atoms with Crippen molar-refractivity contribution in [1.29, 1.82) is 0 Å². The molecule has 70 valence electrons. The second-order valence-electron chi connectivity index (χ2n) is 2.58. The number of rotatable bonds is 3. The summed E-state index contributed by atoms with van der Waals surface area (Å²) >= 11 is 0. The molecule has 1 rings (SSSR count). The molecule has 0 aliphatic heterocycles. The maximum atomic E-state index is 10.4. The Labute approximate surface area is 75.0 Å². The third kappa shape index (κ3) is 2.33. The lowest BCUT2D eigenvalue weighted by molar-refractivity contribution is -0.137. The number of nitrogens with one attached hydrogen (secondary N) is 1. The zero-order valence-corrected chi connectivity index (χ0v) is 7.06. The number of carboxylic acid groups (broad SMARTS) is 1. The molecule has 0 aliphatic carbocycles. The van der Waals surface area contributed by atoms with E-state index in [1.165, 1.54) is 19.2 Å². The molecule has 0 bridgehead atoms. The number of nitrogens with zero attached hydrogens (tertiary/aromatic N) is 1. The van der Waals surface area contributed by atoms with Crippen LogP contribution in [-0.4, -0.2) is 27.2 Å². The Hall–Kier alpha value is -1.78. The number of pyridine rings is 1. The molecule has 0 amide bonds. The molecule has 0 spiro atoms. The third-order valence-corrected chi connectivity index (χ3v) is 1.51. The number of aromatic hydroxyl groups is 1. The van der Waals surface area contributed by atoms with Gasteiger partial charge in [0.25, 0.3) is 0 Å². The highest BCUT2D eigenvalue weighted by molar-refractivity contribution is 5.76. The highest BCUT2D eigenvalue weighted by atomic mass is 16.4. The van der Waals surface area contributed by atoms with Crippen LogP contribution in [0, 0.1) is 0 Å². The summed E-state index contributed by atoms with van der Waals surface area (Å²) in [5, 5.41) is 20.3. The summed E-state index contributed by atoms with van der Waals surface area (Å²) in [5.41, 5.74) is 0. The highest BCUT2D eigenvalue weighted by Crippen LogP contribution is 2.18. The van der Waals surface area contributed by atoms with E-state index in [0.29, 0.717) is 0 Å². The highest BCUT2D eigenvalue weighted by Gasteiger charge is 2.12. The number of anilines is 1. The van der Waals surface area contributed by atoms with E-state index in [-0.39, 0.29) is 11.6 Å². The average molecular weight is 182 g/mol. The maximum absolute atomic E-state index is 10.4. The molecule has 1 aromatic rings.